The van der Waals surface area contributed by atoms with Gasteiger partial charge in [-0.1, -0.05) is 35.0 Å². The number of rotatable bonds is 2. The van der Waals surface area contributed by atoms with Crippen molar-refractivity contribution in [2.45, 2.75) is 6.92 Å². The SMILES string of the molecule is Cc1csc(C(=O)Nc2cc(C#CCN)ccc2Cl)c1Cl. The van der Waals surface area contributed by atoms with Gasteiger partial charge < -0.3 is 11.1 Å². The molecule has 3 nitrogen and oxygen atoms in total. The standard InChI is InChI=1S/C15H12Cl2N2OS/c1-9-8-21-14(13(9)17)15(20)19-12-7-10(3-2-6-18)4-5-11(12)16/h4-5,7-8H,6,18H2,1H3,(H,19,20). The molecule has 0 spiro atoms. The number of thiophene rings is 1. The van der Waals surface area contributed by atoms with E-state index in [-0.39, 0.29) is 12.5 Å². The lowest BCUT2D eigenvalue weighted by atomic mass is 10.2. The van der Waals surface area contributed by atoms with Gasteiger partial charge in [-0.05, 0) is 36.1 Å². The molecular weight excluding hydrogens is 327 g/mol. The van der Waals surface area contributed by atoms with Crippen LogP contribution in [0.4, 0.5) is 5.69 Å². The zero-order chi connectivity index (χ0) is 15.4. The molecular formula is C15H12Cl2N2OS. The second-order valence-corrected chi connectivity index (χ2v) is 5.88. The molecule has 1 aromatic heterocycles. The summed E-state index contributed by atoms with van der Waals surface area (Å²) >= 11 is 13.5. The van der Waals surface area contributed by atoms with Gasteiger partial charge in [0.05, 0.1) is 22.3 Å². The number of benzene rings is 1. The van der Waals surface area contributed by atoms with Crippen LogP contribution in [-0.2, 0) is 0 Å². The number of nitrogens with two attached hydrogens (primary N) is 1. The lowest BCUT2D eigenvalue weighted by Gasteiger charge is -2.07. The van der Waals surface area contributed by atoms with Gasteiger partial charge in [0, 0.05) is 5.56 Å². The van der Waals surface area contributed by atoms with Crippen LogP contribution in [0.15, 0.2) is 23.6 Å². The topological polar surface area (TPSA) is 55.1 Å². The maximum absolute atomic E-state index is 12.2. The number of carbonyl (C=O) groups excluding carboxylic acids is 1. The van der Waals surface area contributed by atoms with Crippen molar-refractivity contribution in [3.63, 3.8) is 0 Å². The molecule has 6 heteroatoms. The molecule has 0 radical (unpaired) electrons. The Morgan fingerprint density at radius 3 is 2.81 bits per heavy atom. The van der Waals surface area contributed by atoms with Crippen LogP contribution in [0.5, 0.6) is 0 Å². The van der Waals surface area contributed by atoms with Crippen LogP contribution in [0.3, 0.4) is 0 Å². The summed E-state index contributed by atoms with van der Waals surface area (Å²) in [6.07, 6.45) is 0. The van der Waals surface area contributed by atoms with E-state index in [4.69, 9.17) is 28.9 Å². The second-order valence-electron chi connectivity index (χ2n) is 4.22. The molecule has 0 aliphatic heterocycles. The summed E-state index contributed by atoms with van der Waals surface area (Å²) in [7, 11) is 0. The summed E-state index contributed by atoms with van der Waals surface area (Å²) in [6, 6.07) is 5.15. The van der Waals surface area contributed by atoms with Crippen LogP contribution in [0.25, 0.3) is 0 Å². The molecule has 0 aliphatic carbocycles. The molecule has 2 aromatic rings. The first-order valence-electron chi connectivity index (χ1n) is 6.06. The first-order valence-corrected chi connectivity index (χ1v) is 7.70. The molecule has 1 heterocycles. The average Bonchev–Trinajstić information content (AvgIpc) is 2.80. The smallest absolute Gasteiger partial charge is 0.267 e. The van der Waals surface area contributed by atoms with Crippen LogP contribution in [0, 0.1) is 18.8 Å². The Kier molecular flexibility index (Phi) is 5.27. The van der Waals surface area contributed by atoms with Gasteiger partial charge in [0.25, 0.3) is 5.91 Å². The van der Waals surface area contributed by atoms with Crippen molar-refractivity contribution in [3.05, 3.63) is 49.6 Å². The molecule has 1 amide bonds. The van der Waals surface area contributed by atoms with Crippen molar-refractivity contribution in [1.29, 1.82) is 0 Å². The highest BCUT2D eigenvalue weighted by atomic mass is 35.5. The van der Waals surface area contributed by atoms with Crippen molar-refractivity contribution in [1.82, 2.24) is 0 Å². The summed E-state index contributed by atoms with van der Waals surface area (Å²) in [5.41, 5.74) is 7.44. The Morgan fingerprint density at radius 2 is 2.19 bits per heavy atom. The Labute approximate surface area is 137 Å². The largest absolute Gasteiger partial charge is 0.320 e. The molecule has 0 atom stereocenters. The number of aryl methyl sites for hydroxylation is 1. The molecule has 2 rings (SSSR count). The van der Waals surface area contributed by atoms with Crippen LogP contribution in [0.1, 0.15) is 20.8 Å². The second kappa shape index (κ2) is 6.97. The van der Waals surface area contributed by atoms with Gasteiger partial charge >= 0.3 is 0 Å². The quantitative estimate of drug-likeness (QED) is 0.815. The molecule has 0 saturated heterocycles. The third-order valence-electron chi connectivity index (χ3n) is 2.65. The highest BCUT2D eigenvalue weighted by molar-refractivity contribution is 7.13. The third-order valence-corrected chi connectivity index (χ3v) is 4.68. The number of anilines is 1. The van der Waals surface area contributed by atoms with Crippen molar-refractivity contribution in [3.8, 4) is 11.8 Å². The molecule has 3 N–H and O–H groups in total. The zero-order valence-electron chi connectivity index (χ0n) is 11.2. The minimum Gasteiger partial charge on any atom is -0.320 e. The monoisotopic (exact) mass is 338 g/mol. The molecule has 108 valence electrons. The normalized spacial score (nSPS) is 9.90. The minimum absolute atomic E-state index is 0.272. The predicted octanol–water partition coefficient (Wildman–Crippen LogP) is 3.93. The lowest BCUT2D eigenvalue weighted by molar-refractivity contribution is 0.103. The highest BCUT2D eigenvalue weighted by Gasteiger charge is 2.15. The first kappa shape index (κ1) is 15.9. The first-order chi connectivity index (χ1) is 10.0. The van der Waals surface area contributed by atoms with E-state index in [1.165, 1.54) is 11.3 Å². The Hall–Kier alpha value is -1.51. The fourth-order valence-electron chi connectivity index (χ4n) is 1.61. The van der Waals surface area contributed by atoms with Gasteiger partial charge in [-0.2, -0.15) is 0 Å². The van der Waals surface area contributed by atoms with Gasteiger partial charge in [0.2, 0.25) is 0 Å². The number of halogens is 2. The fraction of sp³-hybridized carbons (Fsp3) is 0.133. The molecule has 0 aliphatic rings. The number of amides is 1. The Bertz CT molecular complexity index is 744. The summed E-state index contributed by atoms with van der Waals surface area (Å²) in [6.45, 7) is 2.13. The maximum atomic E-state index is 12.2. The van der Waals surface area contributed by atoms with Crippen LogP contribution < -0.4 is 11.1 Å². The van der Waals surface area contributed by atoms with Crippen LogP contribution >= 0.6 is 34.5 Å². The van der Waals surface area contributed by atoms with Crippen molar-refractivity contribution < 1.29 is 4.79 Å². The van der Waals surface area contributed by atoms with Crippen LogP contribution in [-0.4, -0.2) is 12.5 Å². The summed E-state index contributed by atoms with van der Waals surface area (Å²) in [4.78, 5) is 12.7. The number of hydrogen-bond donors (Lipinski definition) is 2. The van der Waals surface area contributed by atoms with E-state index in [1.54, 1.807) is 18.2 Å². The Balaban J connectivity index is 2.26. The average molecular weight is 339 g/mol. The van der Waals surface area contributed by atoms with Crippen LogP contribution in [0.2, 0.25) is 10.0 Å². The van der Waals surface area contributed by atoms with E-state index < -0.39 is 0 Å². The van der Waals surface area contributed by atoms with E-state index in [2.05, 4.69) is 17.2 Å². The number of hydrogen-bond acceptors (Lipinski definition) is 3. The molecule has 0 saturated carbocycles. The highest BCUT2D eigenvalue weighted by Crippen LogP contribution is 2.29. The molecule has 0 unspecified atom stereocenters. The summed E-state index contributed by atoms with van der Waals surface area (Å²) in [5, 5.41) is 5.49. The van der Waals surface area contributed by atoms with E-state index in [1.807, 2.05) is 12.3 Å². The molecule has 21 heavy (non-hydrogen) atoms. The molecule has 0 fully saturated rings. The molecule has 1 aromatic carbocycles. The predicted molar refractivity (Wildman–Crippen MR) is 89.4 cm³/mol. The molecule has 0 bridgehead atoms. The minimum atomic E-state index is -0.288. The van der Waals surface area contributed by atoms with Gasteiger partial charge in [-0.3, -0.25) is 4.79 Å². The summed E-state index contributed by atoms with van der Waals surface area (Å²) in [5.74, 6) is 5.36. The van der Waals surface area contributed by atoms with E-state index in [9.17, 15) is 4.79 Å². The van der Waals surface area contributed by atoms with Gasteiger partial charge in [-0.15, -0.1) is 11.3 Å². The summed E-state index contributed by atoms with van der Waals surface area (Å²) < 4.78 is 0. The zero-order valence-corrected chi connectivity index (χ0v) is 13.5. The number of nitrogens with one attached hydrogen (secondary N) is 1. The lowest BCUT2D eigenvalue weighted by Crippen LogP contribution is -2.11. The fourth-order valence-corrected chi connectivity index (χ4v) is 2.95. The van der Waals surface area contributed by atoms with Crippen molar-refractivity contribution in [2.24, 2.45) is 5.73 Å². The van der Waals surface area contributed by atoms with Gasteiger partial charge in [0.1, 0.15) is 4.88 Å². The third kappa shape index (κ3) is 3.78. The van der Waals surface area contributed by atoms with Gasteiger partial charge in [-0.25, -0.2) is 0 Å². The van der Waals surface area contributed by atoms with Crippen molar-refractivity contribution in [2.75, 3.05) is 11.9 Å². The van der Waals surface area contributed by atoms with Crippen molar-refractivity contribution >= 4 is 46.1 Å². The maximum Gasteiger partial charge on any atom is 0.267 e. The van der Waals surface area contributed by atoms with E-state index in [0.717, 1.165) is 11.1 Å². The van der Waals surface area contributed by atoms with E-state index in [0.29, 0.717) is 20.6 Å². The van der Waals surface area contributed by atoms with E-state index >= 15 is 0 Å². The Morgan fingerprint density at radius 1 is 1.43 bits per heavy atom. The number of carbonyl (C=O) groups is 1. The van der Waals surface area contributed by atoms with Gasteiger partial charge in [0.15, 0.2) is 0 Å².